The van der Waals surface area contributed by atoms with E-state index in [1.165, 1.54) is 4.90 Å². The second kappa shape index (κ2) is 4.85. The van der Waals surface area contributed by atoms with Gasteiger partial charge < -0.3 is 4.90 Å². The molecular formula is C6H7N2O. The number of amides is 1. The van der Waals surface area contributed by atoms with Gasteiger partial charge in [-0.3, -0.25) is 4.79 Å². The quantitative estimate of drug-likeness (QED) is 0.301. The van der Waals surface area contributed by atoms with Gasteiger partial charge in [-0.05, 0) is 0 Å². The van der Waals surface area contributed by atoms with Crippen molar-refractivity contribution in [1.29, 1.82) is 5.26 Å². The van der Waals surface area contributed by atoms with Crippen molar-refractivity contribution in [1.82, 2.24) is 4.90 Å². The maximum Gasteiger partial charge on any atom is 0.313 e. The first-order chi connectivity index (χ1) is 4.35. The molecule has 0 aliphatic rings. The second-order valence-corrected chi connectivity index (χ2v) is 1.42. The largest absolute Gasteiger partial charge is 0.317 e. The van der Waals surface area contributed by atoms with E-state index >= 15 is 0 Å². The maximum absolute atomic E-state index is 9.89. The summed E-state index contributed by atoms with van der Waals surface area (Å²) in [7, 11) is 0. The van der Waals surface area contributed by atoms with Gasteiger partial charge in [0.05, 0.1) is 6.07 Å². The molecule has 0 unspecified atom stereocenters. The lowest BCUT2D eigenvalue weighted by atomic mass is 10.5. The minimum absolute atomic E-state index is 0.0789. The van der Waals surface area contributed by atoms with E-state index in [1.54, 1.807) is 12.5 Å². The van der Waals surface area contributed by atoms with E-state index in [0.717, 1.165) is 0 Å². The molecule has 0 N–H and O–H groups in total. The van der Waals surface area contributed by atoms with E-state index in [2.05, 4.69) is 6.58 Å². The van der Waals surface area contributed by atoms with Crippen molar-refractivity contribution in [3.05, 3.63) is 12.7 Å². The predicted molar refractivity (Wildman–Crippen MR) is 33.1 cm³/mol. The van der Waals surface area contributed by atoms with E-state index in [0.29, 0.717) is 6.54 Å². The fraction of sp³-hybridized carbons (Fsp3) is 0.333. The van der Waals surface area contributed by atoms with Crippen molar-refractivity contribution in [3.63, 3.8) is 0 Å². The molecule has 3 heteroatoms. The van der Waals surface area contributed by atoms with Crippen LogP contribution in [0.1, 0.15) is 0 Å². The fourth-order valence-corrected chi connectivity index (χ4v) is 0.375. The van der Waals surface area contributed by atoms with Crippen LogP contribution in [0, 0.1) is 11.3 Å². The van der Waals surface area contributed by atoms with Crippen LogP contribution in [-0.2, 0) is 4.79 Å². The van der Waals surface area contributed by atoms with Gasteiger partial charge in [0.15, 0.2) is 0 Å². The van der Waals surface area contributed by atoms with Gasteiger partial charge in [-0.2, -0.15) is 5.26 Å². The van der Waals surface area contributed by atoms with E-state index in [-0.39, 0.29) is 6.54 Å². The van der Waals surface area contributed by atoms with Gasteiger partial charge in [0.1, 0.15) is 6.54 Å². The standard InChI is InChI=1S/C6H7N2O/c1-2-4-8(6-9)5-3-7/h2H,1,4-5H2. The highest BCUT2D eigenvalue weighted by Crippen LogP contribution is 1.79. The molecule has 0 saturated heterocycles. The first-order valence-electron chi connectivity index (χ1n) is 2.45. The number of hydrogen-bond acceptors (Lipinski definition) is 2. The number of nitriles is 1. The molecule has 0 aromatic rings. The van der Waals surface area contributed by atoms with Gasteiger partial charge in [0.2, 0.25) is 0 Å². The monoisotopic (exact) mass is 123 g/mol. The Morgan fingerprint density at radius 3 is 2.78 bits per heavy atom. The Labute approximate surface area is 54.2 Å². The summed E-state index contributed by atoms with van der Waals surface area (Å²) in [4.78, 5) is 11.1. The third kappa shape index (κ3) is 3.30. The Hall–Kier alpha value is -1.30. The molecule has 0 fully saturated rings. The van der Waals surface area contributed by atoms with Crippen LogP contribution in [0.2, 0.25) is 0 Å². The molecule has 0 saturated carbocycles. The third-order valence-corrected chi connectivity index (χ3v) is 0.740. The Morgan fingerprint density at radius 2 is 2.44 bits per heavy atom. The Kier molecular flexibility index (Phi) is 4.15. The molecule has 0 spiro atoms. The number of nitrogens with zero attached hydrogens (tertiary/aromatic N) is 2. The highest BCUT2D eigenvalue weighted by molar-refractivity contribution is 5.48. The average Bonchev–Trinajstić information content (AvgIpc) is 1.88. The molecule has 0 heterocycles. The van der Waals surface area contributed by atoms with Gasteiger partial charge in [0.25, 0.3) is 0 Å². The van der Waals surface area contributed by atoms with Gasteiger partial charge in [-0.25, -0.2) is 0 Å². The minimum Gasteiger partial charge on any atom is -0.317 e. The molecule has 1 radical (unpaired) electrons. The van der Waals surface area contributed by atoms with E-state index in [1.807, 2.05) is 6.07 Å². The molecule has 1 amide bonds. The predicted octanol–water partition coefficient (Wildman–Crippen LogP) is 0.0652. The average molecular weight is 123 g/mol. The fourth-order valence-electron chi connectivity index (χ4n) is 0.375. The van der Waals surface area contributed by atoms with Crippen molar-refractivity contribution >= 4 is 6.41 Å². The van der Waals surface area contributed by atoms with E-state index < -0.39 is 0 Å². The van der Waals surface area contributed by atoms with Gasteiger partial charge in [0, 0.05) is 6.54 Å². The minimum atomic E-state index is 0.0789. The summed E-state index contributed by atoms with van der Waals surface area (Å²) in [5.41, 5.74) is 0. The lowest BCUT2D eigenvalue weighted by Crippen LogP contribution is -2.21. The van der Waals surface area contributed by atoms with Crippen LogP contribution in [0.15, 0.2) is 12.7 Å². The summed E-state index contributed by atoms with van der Waals surface area (Å²) >= 11 is 0. The number of carbonyl (C=O) groups excluding carboxylic acids is 1. The Balaban J connectivity index is 3.56. The lowest BCUT2D eigenvalue weighted by molar-refractivity contribution is 0.440. The van der Waals surface area contributed by atoms with Crippen LogP contribution in [0.4, 0.5) is 0 Å². The molecule has 0 rings (SSSR count). The molecule has 0 atom stereocenters. The third-order valence-electron chi connectivity index (χ3n) is 0.740. The highest BCUT2D eigenvalue weighted by atomic mass is 16.1. The molecular weight excluding hydrogens is 116 g/mol. The summed E-state index contributed by atoms with van der Waals surface area (Å²) in [6.45, 7) is 3.87. The Morgan fingerprint density at radius 1 is 1.78 bits per heavy atom. The highest BCUT2D eigenvalue weighted by Gasteiger charge is 1.95. The molecule has 0 aliphatic heterocycles. The van der Waals surface area contributed by atoms with Gasteiger partial charge in [-0.15, -0.1) is 6.58 Å². The van der Waals surface area contributed by atoms with Crippen LogP contribution in [0.25, 0.3) is 0 Å². The summed E-state index contributed by atoms with van der Waals surface area (Å²) in [6, 6.07) is 1.82. The molecule has 9 heavy (non-hydrogen) atoms. The van der Waals surface area contributed by atoms with E-state index in [9.17, 15) is 4.79 Å². The zero-order chi connectivity index (χ0) is 7.11. The molecule has 0 bridgehead atoms. The summed E-state index contributed by atoms with van der Waals surface area (Å²) in [6.07, 6.45) is 3.14. The van der Waals surface area contributed by atoms with Crippen LogP contribution >= 0.6 is 0 Å². The first kappa shape index (κ1) is 7.70. The van der Waals surface area contributed by atoms with Crippen molar-refractivity contribution in [2.24, 2.45) is 0 Å². The zero-order valence-corrected chi connectivity index (χ0v) is 5.00. The molecule has 3 nitrogen and oxygen atoms in total. The molecule has 0 aromatic heterocycles. The smallest absolute Gasteiger partial charge is 0.313 e. The lowest BCUT2D eigenvalue weighted by Gasteiger charge is -2.06. The molecule has 47 valence electrons. The van der Waals surface area contributed by atoms with Gasteiger partial charge in [-0.1, -0.05) is 6.08 Å². The van der Waals surface area contributed by atoms with Crippen molar-refractivity contribution in [2.45, 2.75) is 0 Å². The number of hydrogen-bond donors (Lipinski definition) is 0. The molecule has 0 aliphatic carbocycles. The van der Waals surface area contributed by atoms with Crippen LogP contribution in [-0.4, -0.2) is 24.4 Å². The van der Waals surface area contributed by atoms with Crippen LogP contribution in [0.5, 0.6) is 0 Å². The maximum atomic E-state index is 9.89. The topological polar surface area (TPSA) is 44.1 Å². The normalized spacial score (nSPS) is 7.44. The van der Waals surface area contributed by atoms with Crippen molar-refractivity contribution in [3.8, 4) is 6.07 Å². The zero-order valence-electron chi connectivity index (χ0n) is 5.00. The van der Waals surface area contributed by atoms with Gasteiger partial charge >= 0.3 is 6.41 Å². The molecule has 0 aromatic carbocycles. The summed E-state index contributed by atoms with van der Waals surface area (Å²) in [5.74, 6) is 0. The summed E-state index contributed by atoms with van der Waals surface area (Å²) < 4.78 is 0. The summed E-state index contributed by atoms with van der Waals surface area (Å²) in [5, 5.41) is 8.09. The van der Waals surface area contributed by atoms with Crippen LogP contribution in [0.3, 0.4) is 0 Å². The van der Waals surface area contributed by atoms with E-state index in [4.69, 9.17) is 5.26 Å². The number of rotatable bonds is 4. The Bertz CT molecular complexity index is 136. The first-order valence-corrected chi connectivity index (χ1v) is 2.45. The SMILES string of the molecule is C=CCN([C]=O)CC#N. The van der Waals surface area contributed by atoms with Crippen molar-refractivity contribution < 1.29 is 4.79 Å². The van der Waals surface area contributed by atoms with Crippen LogP contribution < -0.4 is 0 Å². The van der Waals surface area contributed by atoms with Crippen molar-refractivity contribution in [2.75, 3.05) is 13.1 Å². The second-order valence-electron chi connectivity index (χ2n) is 1.42.